The fraction of sp³-hybridized carbons (Fsp3) is 0.462. The van der Waals surface area contributed by atoms with Gasteiger partial charge in [-0.1, -0.05) is 42.5 Å². The highest BCUT2D eigenvalue weighted by atomic mass is 127. The minimum Gasteiger partial charge on any atom is -0.352 e. The SMILES string of the molecule is CN=C(NCc1cccc(CN2CCCC2=O)c1)NC(C)c1ccc2c(c1)CCCC2.I. The summed E-state index contributed by atoms with van der Waals surface area (Å²) in [6.07, 6.45) is 6.68. The van der Waals surface area contributed by atoms with Crippen LogP contribution in [0.25, 0.3) is 0 Å². The normalized spacial score (nSPS) is 16.9. The average Bonchev–Trinajstić information content (AvgIpc) is 3.20. The Morgan fingerprint density at radius 2 is 1.81 bits per heavy atom. The van der Waals surface area contributed by atoms with Crippen molar-refractivity contribution in [2.75, 3.05) is 13.6 Å². The van der Waals surface area contributed by atoms with E-state index in [1.54, 1.807) is 0 Å². The van der Waals surface area contributed by atoms with Crippen LogP contribution in [0.4, 0.5) is 0 Å². The van der Waals surface area contributed by atoms with Gasteiger partial charge in [0, 0.05) is 33.1 Å². The molecule has 1 atom stereocenters. The molecule has 5 nitrogen and oxygen atoms in total. The molecular formula is C26H35IN4O. The number of carbonyl (C=O) groups is 1. The number of nitrogens with one attached hydrogen (secondary N) is 2. The Hall–Kier alpha value is -2.09. The first-order valence-electron chi connectivity index (χ1n) is 11.6. The van der Waals surface area contributed by atoms with Gasteiger partial charge in [-0.15, -0.1) is 24.0 Å². The third-order valence-electron chi connectivity index (χ3n) is 6.45. The van der Waals surface area contributed by atoms with E-state index < -0.39 is 0 Å². The van der Waals surface area contributed by atoms with E-state index in [0.717, 1.165) is 18.9 Å². The number of aryl methyl sites for hydroxylation is 2. The summed E-state index contributed by atoms with van der Waals surface area (Å²) >= 11 is 0. The summed E-state index contributed by atoms with van der Waals surface area (Å²) < 4.78 is 0. The average molecular weight is 546 g/mol. The number of likely N-dealkylation sites (tertiary alicyclic amines) is 1. The van der Waals surface area contributed by atoms with E-state index in [0.29, 0.717) is 19.5 Å². The van der Waals surface area contributed by atoms with E-state index in [2.05, 4.69) is 65.0 Å². The summed E-state index contributed by atoms with van der Waals surface area (Å²) in [6.45, 7) is 4.46. The third-order valence-corrected chi connectivity index (χ3v) is 6.45. The summed E-state index contributed by atoms with van der Waals surface area (Å²) in [5.74, 6) is 1.06. The summed E-state index contributed by atoms with van der Waals surface area (Å²) in [5, 5.41) is 6.96. The van der Waals surface area contributed by atoms with Crippen LogP contribution >= 0.6 is 24.0 Å². The second kappa shape index (κ2) is 11.7. The first kappa shape index (κ1) is 24.6. The standard InChI is InChI=1S/C26H34N4O.HI/c1-19(23-13-12-22-9-3-4-10-24(22)16-23)29-26(27-2)28-17-20-7-5-8-21(15-20)18-30-14-6-11-25(30)31;/h5,7-8,12-13,15-16,19H,3-4,6,9-11,14,17-18H2,1-2H3,(H2,27,28,29);1H. The topological polar surface area (TPSA) is 56.7 Å². The van der Waals surface area contributed by atoms with Crippen LogP contribution in [0.1, 0.15) is 66.5 Å². The maximum Gasteiger partial charge on any atom is 0.222 e. The molecule has 2 aromatic rings. The fourth-order valence-corrected chi connectivity index (χ4v) is 4.62. The van der Waals surface area contributed by atoms with Gasteiger partial charge in [0.15, 0.2) is 5.96 Å². The van der Waals surface area contributed by atoms with Crippen LogP contribution in [-0.4, -0.2) is 30.4 Å². The van der Waals surface area contributed by atoms with Crippen molar-refractivity contribution in [1.82, 2.24) is 15.5 Å². The number of fused-ring (bicyclic) bond motifs is 1. The zero-order valence-electron chi connectivity index (χ0n) is 19.2. The maximum absolute atomic E-state index is 11.9. The van der Waals surface area contributed by atoms with Gasteiger partial charge in [0.1, 0.15) is 0 Å². The smallest absolute Gasteiger partial charge is 0.222 e. The predicted octanol–water partition coefficient (Wildman–Crippen LogP) is 4.73. The number of halogens is 1. The van der Waals surface area contributed by atoms with Gasteiger partial charge in [-0.3, -0.25) is 9.79 Å². The number of guanidine groups is 1. The Bertz CT molecular complexity index is 959. The summed E-state index contributed by atoms with van der Waals surface area (Å²) in [5.41, 5.74) is 6.70. The van der Waals surface area contributed by atoms with E-state index in [9.17, 15) is 4.79 Å². The molecule has 1 unspecified atom stereocenters. The minimum absolute atomic E-state index is 0. The van der Waals surface area contributed by atoms with Gasteiger partial charge in [-0.2, -0.15) is 0 Å². The van der Waals surface area contributed by atoms with E-state index in [4.69, 9.17) is 0 Å². The van der Waals surface area contributed by atoms with Crippen molar-refractivity contribution >= 4 is 35.8 Å². The van der Waals surface area contributed by atoms with Crippen molar-refractivity contribution in [3.05, 3.63) is 70.3 Å². The Balaban J connectivity index is 0.00000289. The molecule has 1 heterocycles. The molecule has 6 heteroatoms. The molecular weight excluding hydrogens is 511 g/mol. The lowest BCUT2D eigenvalue weighted by atomic mass is 9.89. The van der Waals surface area contributed by atoms with Crippen LogP contribution in [0.5, 0.6) is 0 Å². The lowest BCUT2D eigenvalue weighted by Gasteiger charge is -2.22. The zero-order valence-corrected chi connectivity index (χ0v) is 21.5. The van der Waals surface area contributed by atoms with Gasteiger partial charge in [-0.05, 0) is 66.8 Å². The van der Waals surface area contributed by atoms with E-state index in [1.807, 2.05) is 11.9 Å². The monoisotopic (exact) mass is 546 g/mol. The quantitative estimate of drug-likeness (QED) is 0.313. The molecule has 0 bridgehead atoms. The molecule has 0 saturated carbocycles. The molecule has 1 saturated heterocycles. The molecule has 1 aliphatic carbocycles. The van der Waals surface area contributed by atoms with Crippen molar-refractivity contribution in [3.63, 3.8) is 0 Å². The molecule has 1 amide bonds. The molecule has 0 spiro atoms. The van der Waals surface area contributed by atoms with Crippen molar-refractivity contribution < 1.29 is 4.79 Å². The lowest BCUT2D eigenvalue weighted by Crippen LogP contribution is -2.38. The first-order valence-corrected chi connectivity index (χ1v) is 11.6. The van der Waals surface area contributed by atoms with E-state index in [-0.39, 0.29) is 35.9 Å². The Morgan fingerprint density at radius 3 is 2.56 bits per heavy atom. The Kier molecular flexibility index (Phi) is 8.96. The van der Waals surface area contributed by atoms with Gasteiger partial charge in [0.25, 0.3) is 0 Å². The molecule has 1 aliphatic heterocycles. The van der Waals surface area contributed by atoms with Crippen LogP contribution < -0.4 is 10.6 Å². The van der Waals surface area contributed by atoms with Crippen LogP contribution in [0.3, 0.4) is 0 Å². The van der Waals surface area contributed by atoms with Crippen molar-refractivity contribution in [2.24, 2.45) is 4.99 Å². The van der Waals surface area contributed by atoms with Crippen LogP contribution in [0.15, 0.2) is 47.5 Å². The second-order valence-electron chi connectivity index (χ2n) is 8.77. The van der Waals surface area contributed by atoms with Crippen molar-refractivity contribution in [3.8, 4) is 0 Å². The van der Waals surface area contributed by atoms with Gasteiger partial charge in [-0.25, -0.2) is 0 Å². The minimum atomic E-state index is 0. The number of carbonyl (C=O) groups excluding carboxylic acids is 1. The highest BCUT2D eigenvalue weighted by Gasteiger charge is 2.20. The molecule has 4 rings (SSSR count). The molecule has 0 aromatic heterocycles. The number of hydrogen-bond acceptors (Lipinski definition) is 2. The third kappa shape index (κ3) is 6.24. The Labute approximate surface area is 209 Å². The van der Waals surface area contributed by atoms with E-state index in [1.165, 1.54) is 53.5 Å². The predicted molar refractivity (Wildman–Crippen MR) is 141 cm³/mol. The summed E-state index contributed by atoms with van der Waals surface area (Å²) in [7, 11) is 1.81. The molecule has 2 N–H and O–H groups in total. The highest BCUT2D eigenvalue weighted by Crippen LogP contribution is 2.24. The summed E-state index contributed by atoms with van der Waals surface area (Å²) in [6, 6.07) is 15.6. The zero-order chi connectivity index (χ0) is 21.6. The van der Waals surface area contributed by atoms with Gasteiger partial charge < -0.3 is 15.5 Å². The van der Waals surface area contributed by atoms with Crippen LogP contribution in [-0.2, 0) is 30.7 Å². The molecule has 172 valence electrons. The largest absolute Gasteiger partial charge is 0.352 e. The molecule has 2 aromatic carbocycles. The second-order valence-corrected chi connectivity index (χ2v) is 8.77. The molecule has 2 aliphatic rings. The number of rotatable bonds is 6. The number of nitrogens with zero attached hydrogens (tertiary/aromatic N) is 2. The fourth-order valence-electron chi connectivity index (χ4n) is 4.62. The van der Waals surface area contributed by atoms with E-state index >= 15 is 0 Å². The number of hydrogen-bond donors (Lipinski definition) is 2. The first-order chi connectivity index (χ1) is 15.1. The van der Waals surface area contributed by atoms with Gasteiger partial charge >= 0.3 is 0 Å². The number of benzene rings is 2. The van der Waals surface area contributed by atoms with Crippen molar-refractivity contribution in [2.45, 2.75) is 64.6 Å². The molecule has 32 heavy (non-hydrogen) atoms. The number of aliphatic imine (C=N–C) groups is 1. The molecule has 1 fully saturated rings. The number of amides is 1. The van der Waals surface area contributed by atoms with Crippen LogP contribution in [0, 0.1) is 0 Å². The maximum atomic E-state index is 11.9. The van der Waals surface area contributed by atoms with Gasteiger partial charge in [0.2, 0.25) is 5.91 Å². The highest BCUT2D eigenvalue weighted by molar-refractivity contribution is 14.0. The Morgan fingerprint density at radius 1 is 1.03 bits per heavy atom. The molecule has 0 radical (unpaired) electrons. The van der Waals surface area contributed by atoms with Gasteiger partial charge in [0.05, 0.1) is 6.04 Å². The summed E-state index contributed by atoms with van der Waals surface area (Å²) in [4.78, 5) is 18.3. The van der Waals surface area contributed by atoms with Crippen LogP contribution in [0.2, 0.25) is 0 Å². The van der Waals surface area contributed by atoms with Crippen molar-refractivity contribution in [1.29, 1.82) is 0 Å². The lowest BCUT2D eigenvalue weighted by molar-refractivity contribution is -0.128.